The van der Waals surface area contributed by atoms with Crippen molar-refractivity contribution < 1.29 is 18.0 Å². The highest BCUT2D eigenvalue weighted by molar-refractivity contribution is 6.14. The monoisotopic (exact) mass is 412 g/mol. The Bertz CT molecular complexity index is 1170. The maximum Gasteiger partial charge on any atom is 0.333 e. The lowest BCUT2D eigenvalue weighted by atomic mass is 10.0. The molecule has 10 heteroatoms. The van der Waals surface area contributed by atoms with Gasteiger partial charge < -0.3 is 11.1 Å². The van der Waals surface area contributed by atoms with Gasteiger partial charge in [0.15, 0.2) is 0 Å². The Hall–Kier alpha value is -4.13. The van der Waals surface area contributed by atoms with E-state index in [2.05, 4.69) is 10.4 Å². The van der Waals surface area contributed by atoms with E-state index in [1.54, 1.807) is 0 Å². The molecule has 1 heterocycles. The molecule has 0 unspecified atom stereocenters. The van der Waals surface area contributed by atoms with Crippen molar-refractivity contribution in [2.24, 2.45) is 0 Å². The summed E-state index contributed by atoms with van der Waals surface area (Å²) in [5.74, 6) is -1.59. The van der Waals surface area contributed by atoms with E-state index < -0.39 is 18.3 Å². The first-order valence-corrected chi connectivity index (χ1v) is 8.54. The van der Waals surface area contributed by atoms with E-state index in [4.69, 9.17) is 16.4 Å². The number of aryl methyl sites for hydroxylation is 1. The molecule has 0 saturated heterocycles. The number of halogens is 3. The van der Waals surface area contributed by atoms with Gasteiger partial charge in [-0.15, -0.1) is 0 Å². The molecule has 30 heavy (non-hydrogen) atoms. The summed E-state index contributed by atoms with van der Waals surface area (Å²) in [6, 6.07) is 8.44. The number of nitrogens with two attached hydrogens (primary N) is 1. The average molecular weight is 412 g/mol. The molecule has 0 fully saturated rings. The lowest BCUT2D eigenvalue weighted by molar-refractivity contribution is 0.0566. The molecule has 152 valence electrons. The number of anilines is 2. The first-order chi connectivity index (χ1) is 14.2. The second kappa shape index (κ2) is 8.08. The van der Waals surface area contributed by atoms with Crippen molar-refractivity contribution in [3.8, 4) is 6.07 Å². The molecule has 0 aliphatic carbocycles. The summed E-state index contributed by atoms with van der Waals surface area (Å²) in [6.07, 6.45) is 2.11. The number of carbonyl (C=O) groups is 1. The van der Waals surface area contributed by atoms with Gasteiger partial charge in [-0.05, 0) is 42.8 Å². The molecular formula is C20H15F3N6O. The lowest BCUT2D eigenvalue weighted by Crippen LogP contribution is -2.16. The number of hydrogen-bond acceptors (Lipinski definition) is 5. The van der Waals surface area contributed by atoms with Gasteiger partial charge in [-0.2, -0.15) is 19.1 Å². The molecule has 7 nitrogen and oxygen atoms in total. The minimum atomic E-state index is -2.85. The van der Waals surface area contributed by atoms with Crippen LogP contribution in [0.1, 0.15) is 39.2 Å². The highest BCUT2D eigenvalue weighted by atomic mass is 19.3. The van der Waals surface area contributed by atoms with Gasteiger partial charge in [-0.3, -0.25) is 10.2 Å². The largest absolute Gasteiger partial charge is 0.398 e. The first-order valence-electron chi connectivity index (χ1n) is 8.54. The smallest absolute Gasteiger partial charge is 0.333 e. The fourth-order valence-corrected chi connectivity index (χ4v) is 2.87. The van der Waals surface area contributed by atoms with E-state index in [1.165, 1.54) is 31.2 Å². The van der Waals surface area contributed by atoms with Crippen LogP contribution in [-0.4, -0.2) is 21.4 Å². The Kier molecular flexibility index (Phi) is 5.55. The van der Waals surface area contributed by atoms with E-state index in [9.17, 15) is 18.0 Å². The second-order valence-electron chi connectivity index (χ2n) is 6.38. The predicted molar refractivity (Wildman–Crippen MR) is 104 cm³/mol. The van der Waals surface area contributed by atoms with Crippen molar-refractivity contribution in [2.45, 2.75) is 13.5 Å². The van der Waals surface area contributed by atoms with Crippen molar-refractivity contribution >= 4 is 23.0 Å². The number of nitriles is 1. The van der Waals surface area contributed by atoms with Gasteiger partial charge >= 0.3 is 6.55 Å². The molecule has 3 rings (SSSR count). The standard InChI is InChI=1S/C20H15F3N6O/c1-10-4-11(7-24)5-15(21)17(10)19(30)28-13-2-3-16(25)14(6-13)18(26)12-8-27-29(9-12)20(22)23/h2-6,8-9,20,26H,25H2,1H3,(H,28,30). The number of amides is 1. The number of rotatable bonds is 5. The Balaban J connectivity index is 1.89. The summed E-state index contributed by atoms with van der Waals surface area (Å²) in [6.45, 7) is -1.34. The number of alkyl halides is 2. The molecule has 3 aromatic rings. The van der Waals surface area contributed by atoms with Crippen LogP contribution in [0.2, 0.25) is 0 Å². The summed E-state index contributed by atoms with van der Waals surface area (Å²) in [4.78, 5) is 12.6. The van der Waals surface area contributed by atoms with Gasteiger partial charge in [0.2, 0.25) is 0 Å². The zero-order valence-corrected chi connectivity index (χ0v) is 15.6. The minimum Gasteiger partial charge on any atom is -0.398 e. The van der Waals surface area contributed by atoms with Gasteiger partial charge in [0.25, 0.3) is 5.91 Å². The number of hydrogen-bond donors (Lipinski definition) is 3. The maximum atomic E-state index is 14.3. The number of aromatic nitrogens is 2. The Labute approximate surface area is 169 Å². The number of nitrogen functional groups attached to an aromatic ring is 1. The molecule has 1 aromatic heterocycles. The first kappa shape index (κ1) is 20.6. The minimum absolute atomic E-state index is 0.0918. The summed E-state index contributed by atoms with van der Waals surface area (Å²) < 4.78 is 40.1. The number of carbonyl (C=O) groups excluding carboxylic acids is 1. The number of nitrogens with zero attached hydrogens (tertiary/aromatic N) is 3. The van der Waals surface area contributed by atoms with Crippen LogP contribution >= 0.6 is 0 Å². The Morgan fingerprint density at radius 1 is 1.33 bits per heavy atom. The van der Waals surface area contributed by atoms with E-state index in [1.807, 2.05) is 6.07 Å². The van der Waals surface area contributed by atoms with Gasteiger partial charge in [0.1, 0.15) is 5.82 Å². The third kappa shape index (κ3) is 4.00. The predicted octanol–water partition coefficient (Wildman–Crippen LogP) is 3.85. The van der Waals surface area contributed by atoms with Crippen molar-refractivity contribution in [1.29, 1.82) is 10.7 Å². The molecule has 0 atom stereocenters. The van der Waals surface area contributed by atoms with Gasteiger partial charge in [-0.1, -0.05) is 0 Å². The van der Waals surface area contributed by atoms with E-state index in [-0.39, 0.29) is 44.9 Å². The molecule has 0 spiro atoms. The third-order valence-corrected chi connectivity index (χ3v) is 4.31. The summed E-state index contributed by atoms with van der Waals surface area (Å²) in [7, 11) is 0. The normalized spacial score (nSPS) is 10.7. The fraction of sp³-hybridized carbons (Fsp3) is 0.100. The lowest BCUT2D eigenvalue weighted by Gasteiger charge is -2.12. The molecule has 2 aromatic carbocycles. The number of benzene rings is 2. The van der Waals surface area contributed by atoms with E-state index >= 15 is 0 Å². The van der Waals surface area contributed by atoms with Crippen molar-refractivity contribution in [2.75, 3.05) is 11.1 Å². The summed E-state index contributed by atoms with van der Waals surface area (Å²) >= 11 is 0. The fourth-order valence-electron chi connectivity index (χ4n) is 2.87. The zero-order chi connectivity index (χ0) is 22.0. The van der Waals surface area contributed by atoms with Crippen LogP contribution in [0.15, 0.2) is 42.7 Å². The van der Waals surface area contributed by atoms with Crippen LogP contribution in [0.5, 0.6) is 0 Å². The van der Waals surface area contributed by atoms with Crippen LogP contribution in [0, 0.1) is 29.5 Å². The van der Waals surface area contributed by atoms with Crippen LogP contribution in [-0.2, 0) is 0 Å². The molecule has 0 saturated carbocycles. The van der Waals surface area contributed by atoms with Crippen molar-refractivity contribution in [1.82, 2.24) is 9.78 Å². The molecule has 0 aliphatic rings. The number of nitrogens with one attached hydrogen (secondary N) is 2. The van der Waals surface area contributed by atoms with Gasteiger partial charge in [0, 0.05) is 28.7 Å². The Morgan fingerprint density at radius 3 is 2.67 bits per heavy atom. The van der Waals surface area contributed by atoms with Crippen LogP contribution in [0.4, 0.5) is 24.5 Å². The summed E-state index contributed by atoms with van der Waals surface area (Å²) in [5.41, 5.74) is 6.58. The quantitative estimate of drug-likeness (QED) is 0.435. The highest BCUT2D eigenvalue weighted by Gasteiger charge is 2.18. The van der Waals surface area contributed by atoms with Crippen LogP contribution in [0.3, 0.4) is 0 Å². The molecule has 0 aliphatic heterocycles. The summed E-state index contributed by atoms with van der Waals surface area (Å²) in [5, 5.41) is 23.1. The second-order valence-corrected chi connectivity index (χ2v) is 6.38. The van der Waals surface area contributed by atoms with Crippen LogP contribution in [0.25, 0.3) is 0 Å². The highest BCUT2D eigenvalue weighted by Crippen LogP contribution is 2.23. The molecule has 1 amide bonds. The van der Waals surface area contributed by atoms with Gasteiger partial charge in [0.05, 0.1) is 29.1 Å². The molecule has 0 bridgehead atoms. The average Bonchev–Trinajstić information content (AvgIpc) is 3.19. The molecule has 4 N–H and O–H groups in total. The van der Waals surface area contributed by atoms with Crippen LogP contribution < -0.4 is 11.1 Å². The topological polar surface area (TPSA) is 121 Å². The molecular weight excluding hydrogens is 397 g/mol. The Morgan fingerprint density at radius 2 is 2.07 bits per heavy atom. The maximum absolute atomic E-state index is 14.3. The van der Waals surface area contributed by atoms with Gasteiger partial charge in [-0.25, -0.2) is 9.07 Å². The van der Waals surface area contributed by atoms with E-state index in [0.717, 1.165) is 18.5 Å². The van der Waals surface area contributed by atoms with Crippen molar-refractivity contribution in [3.63, 3.8) is 0 Å². The van der Waals surface area contributed by atoms with E-state index in [0.29, 0.717) is 4.68 Å². The molecule has 0 radical (unpaired) electrons. The zero-order valence-electron chi connectivity index (χ0n) is 15.6. The van der Waals surface area contributed by atoms with Crippen molar-refractivity contribution in [3.05, 3.63) is 76.4 Å². The third-order valence-electron chi connectivity index (χ3n) is 4.31. The SMILES string of the molecule is Cc1cc(C#N)cc(F)c1C(=O)Nc1ccc(N)c(C(=N)c2cnn(C(F)F)c2)c1.